The number of aromatic nitrogens is 2. The van der Waals surface area contributed by atoms with Crippen LogP contribution in [0.25, 0.3) is 10.9 Å². The largest absolute Gasteiger partial charge is 0.363 e. The second-order valence-electron chi connectivity index (χ2n) is 7.97. The van der Waals surface area contributed by atoms with E-state index in [4.69, 9.17) is 0 Å². The van der Waals surface area contributed by atoms with Crippen molar-refractivity contribution >= 4 is 28.3 Å². The van der Waals surface area contributed by atoms with Gasteiger partial charge in [-0.3, -0.25) is 4.79 Å². The Balaban J connectivity index is 1.50. The highest BCUT2D eigenvalue weighted by Crippen LogP contribution is 2.52. The molecule has 2 atom stereocenters. The van der Waals surface area contributed by atoms with Crippen molar-refractivity contribution in [2.24, 2.45) is 11.3 Å². The molecule has 1 aliphatic rings. The second-order valence-corrected chi connectivity index (χ2v) is 7.97. The molecule has 1 amide bonds. The van der Waals surface area contributed by atoms with E-state index < -0.39 is 0 Å². The molecule has 1 fully saturated rings. The molecule has 27 heavy (non-hydrogen) atoms. The van der Waals surface area contributed by atoms with Crippen LogP contribution in [-0.4, -0.2) is 15.9 Å². The molecule has 1 heterocycles. The van der Waals surface area contributed by atoms with Crippen molar-refractivity contribution < 1.29 is 4.79 Å². The molecule has 1 unspecified atom stereocenters. The number of fused-ring (bicyclic) bond motifs is 1. The fourth-order valence-electron chi connectivity index (χ4n) is 3.44. The molecule has 0 aliphatic heterocycles. The molecule has 0 bridgehead atoms. The third kappa shape index (κ3) is 3.63. The summed E-state index contributed by atoms with van der Waals surface area (Å²) in [5.41, 5.74) is 2.96. The standard InChI is InChI=1S/C22H24N4O/c1-14(25-20-17-9-4-5-10-19(17)23-13-24-20)15-7-6-8-16(11-15)26-21(27)18-12-22(18,2)3/h4-11,13-14,18H,12H2,1-3H3,(H,26,27)(H,23,24,25)/t14-,18?/m1/s1. The number of carbonyl (C=O) groups excluding carboxylic acids is 1. The molecule has 1 aromatic heterocycles. The molecule has 2 N–H and O–H groups in total. The molecule has 0 radical (unpaired) electrons. The van der Waals surface area contributed by atoms with Gasteiger partial charge in [-0.1, -0.05) is 38.1 Å². The van der Waals surface area contributed by atoms with Crippen molar-refractivity contribution in [2.45, 2.75) is 33.2 Å². The van der Waals surface area contributed by atoms with Gasteiger partial charge >= 0.3 is 0 Å². The monoisotopic (exact) mass is 360 g/mol. The number of para-hydroxylation sites is 1. The SMILES string of the molecule is C[C@@H](Nc1ncnc2ccccc12)c1cccc(NC(=O)C2CC2(C)C)c1. The topological polar surface area (TPSA) is 66.9 Å². The normalized spacial score (nSPS) is 18.7. The molecule has 3 aromatic rings. The van der Waals surface area contributed by atoms with Gasteiger partial charge in [0.25, 0.3) is 0 Å². The minimum atomic E-state index is 0.0394. The second kappa shape index (κ2) is 6.65. The highest BCUT2D eigenvalue weighted by atomic mass is 16.2. The maximum Gasteiger partial charge on any atom is 0.228 e. The third-order valence-electron chi connectivity index (χ3n) is 5.38. The number of anilines is 2. The molecule has 1 saturated carbocycles. The van der Waals surface area contributed by atoms with E-state index in [1.807, 2.05) is 42.5 Å². The predicted octanol–water partition coefficient (Wildman–Crippen LogP) is 4.79. The minimum Gasteiger partial charge on any atom is -0.363 e. The van der Waals surface area contributed by atoms with Crippen molar-refractivity contribution in [2.75, 3.05) is 10.6 Å². The van der Waals surface area contributed by atoms with Gasteiger partial charge in [-0.15, -0.1) is 0 Å². The number of hydrogen-bond acceptors (Lipinski definition) is 4. The minimum absolute atomic E-state index is 0.0394. The quantitative estimate of drug-likeness (QED) is 0.687. The van der Waals surface area contributed by atoms with Crippen molar-refractivity contribution in [3.63, 3.8) is 0 Å². The molecule has 5 nitrogen and oxygen atoms in total. The number of nitrogens with one attached hydrogen (secondary N) is 2. The first-order valence-corrected chi connectivity index (χ1v) is 9.31. The average Bonchev–Trinajstić information content (AvgIpc) is 3.31. The Morgan fingerprint density at radius 2 is 1.93 bits per heavy atom. The van der Waals surface area contributed by atoms with Crippen molar-refractivity contribution in [3.8, 4) is 0 Å². The van der Waals surface area contributed by atoms with Crippen LogP contribution in [0.4, 0.5) is 11.5 Å². The zero-order chi connectivity index (χ0) is 19.0. The maximum atomic E-state index is 12.4. The molecule has 0 saturated heterocycles. The Morgan fingerprint density at radius 3 is 2.70 bits per heavy atom. The van der Waals surface area contributed by atoms with Crippen LogP contribution in [0, 0.1) is 11.3 Å². The molecule has 4 rings (SSSR count). The molecule has 0 spiro atoms. The van der Waals surface area contributed by atoms with E-state index in [0.29, 0.717) is 0 Å². The average molecular weight is 360 g/mol. The molecular formula is C22H24N4O. The summed E-state index contributed by atoms with van der Waals surface area (Å²) in [7, 11) is 0. The summed E-state index contributed by atoms with van der Waals surface area (Å²) in [6.45, 7) is 6.35. The highest BCUT2D eigenvalue weighted by molar-refractivity contribution is 5.95. The molecule has 1 aliphatic carbocycles. The Bertz CT molecular complexity index is 993. The highest BCUT2D eigenvalue weighted by Gasteiger charge is 2.50. The van der Waals surface area contributed by atoms with Crippen LogP contribution in [0.5, 0.6) is 0 Å². The lowest BCUT2D eigenvalue weighted by atomic mass is 10.1. The number of nitrogens with zero attached hydrogens (tertiary/aromatic N) is 2. The maximum absolute atomic E-state index is 12.4. The Hall–Kier alpha value is -2.95. The lowest BCUT2D eigenvalue weighted by molar-refractivity contribution is -0.118. The summed E-state index contributed by atoms with van der Waals surface area (Å²) >= 11 is 0. The van der Waals surface area contributed by atoms with Crippen LogP contribution in [0.2, 0.25) is 0 Å². The van der Waals surface area contributed by atoms with Gasteiger partial charge in [-0.2, -0.15) is 0 Å². The van der Waals surface area contributed by atoms with Crippen LogP contribution in [0.3, 0.4) is 0 Å². The van der Waals surface area contributed by atoms with Gasteiger partial charge in [-0.05, 0) is 48.6 Å². The molecular weight excluding hydrogens is 336 g/mol. The van der Waals surface area contributed by atoms with Gasteiger partial charge in [0.15, 0.2) is 0 Å². The summed E-state index contributed by atoms with van der Waals surface area (Å²) < 4.78 is 0. The molecule has 5 heteroatoms. The number of rotatable bonds is 5. The predicted molar refractivity (Wildman–Crippen MR) is 109 cm³/mol. The van der Waals surface area contributed by atoms with Crippen LogP contribution >= 0.6 is 0 Å². The Kier molecular flexibility index (Phi) is 4.30. The van der Waals surface area contributed by atoms with Crippen LogP contribution in [-0.2, 0) is 4.79 Å². The number of amides is 1. The van der Waals surface area contributed by atoms with E-state index >= 15 is 0 Å². The number of benzene rings is 2. The van der Waals surface area contributed by atoms with Crippen LogP contribution < -0.4 is 10.6 Å². The lowest BCUT2D eigenvalue weighted by Crippen LogP contribution is -2.17. The van der Waals surface area contributed by atoms with Gasteiger partial charge in [0.2, 0.25) is 5.91 Å². The zero-order valence-corrected chi connectivity index (χ0v) is 15.9. The van der Waals surface area contributed by atoms with E-state index in [-0.39, 0.29) is 23.3 Å². The van der Waals surface area contributed by atoms with Crippen molar-refractivity contribution in [3.05, 3.63) is 60.4 Å². The van der Waals surface area contributed by atoms with Gasteiger partial charge in [0, 0.05) is 17.0 Å². The Morgan fingerprint density at radius 1 is 1.15 bits per heavy atom. The Labute approximate surface area is 159 Å². The van der Waals surface area contributed by atoms with Crippen LogP contribution in [0.15, 0.2) is 54.9 Å². The lowest BCUT2D eigenvalue weighted by Gasteiger charge is -2.17. The molecule has 2 aromatic carbocycles. The smallest absolute Gasteiger partial charge is 0.228 e. The summed E-state index contributed by atoms with van der Waals surface area (Å²) in [5, 5.41) is 7.51. The number of hydrogen-bond donors (Lipinski definition) is 2. The number of carbonyl (C=O) groups is 1. The van der Waals surface area contributed by atoms with Crippen molar-refractivity contribution in [1.82, 2.24) is 9.97 Å². The van der Waals surface area contributed by atoms with E-state index in [0.717, 1.165) is 34.4 Å². The summed E-state index contributed by atoms with van der Waals surface area (Å²) in [6.07, 6.45) is 2.53. The fraction of sp³-hybridized carbons (Fsp3) is 0.318. The van der Waals surface area contributed by atoms with E-state index in [2.05, 4.69) is 47.4 Å². The van der Waals surface area contributed by atoms with Gasteiger partial charge in [0.1, 0.15) is 12.1 Å². The first-order valence-electron chi connectivity index (χ1n) is 9.31. The van der Waals surface area contributed by atoms with E-state index in [9.17, 15) is 4.79 Å². The first-order chi connectivity index (χ1) is 12.9. The third-order valence-corrected chi connectivity index (χ3v) is 5.38. The summed E-state index contributed by atoms with van der Waals surface area (Å²) in [4.78, 5) is 21.1. The van der Waals surface area contributed by atoms with Crippen molar-refractivity contribution in [1.29, 1.82) is 0 Å². The van der Waals surface area contributed by atoms with Crippen LogP contribution in [0.1, 0.15) is 38.8 Å². The van der Waals surface area contributed by atoms with Gasteiger partial charge < -0.3 is 10.6 Å². The zero-order valence-electron chi connectivity index (χ0n) is 15.9. The van der Waals surface area contributed by atoms with Gasteiger partial charge in [0.05, 0.1) is 11.6 Å². The van der Waals surface area contributed by atoms with E-state index in [1.165, 1.54) is 0 Å². The summed E-state index contributed by atoms with van der Waals surface area (Å²) in [6, 6.07) is 16.0. The van der Waals surface area contributed by atoms with Gasteiger partial charge in [-0.25, -0.2) is 9.97 Å². The first kappa shape index (κ1) is 17.5. The summed E-state index contributed by atoms with van der Waals surface area (Å²) in [5.74, 6) is 1.03. The molecule has 138 valence electrons. The fourth-order valence-corrected chi connectivity index (χ4v) is 3.44. The van der Waals surface area contributed by atoms with E-state index in [1.54, 1.807) is 6.33 Å².